The van der Waals surface area contributed by atoms with Crippen molar-refractivity contribution in [3.63, 3.8) is 0 Å². The van der Waals surface area contributed by atoms with Gasteiger partial charge in [0.05, 0.1) is 11.8 Å². The van der Waals surface area contributed by atoms with Crippen LogP contribution in [-0.4, -0.2) is 30.7 Å². The fourth-order valence-electron chi connectivity index (χ4n) is 2.86. The molecule has 0 spiro atoms. The Morgan fingerprint density at radius 3 is 2.30 bits per heavy atom. The molecule has 4 nitrogen and oxygen atoms in total. The Bertz CT molecular complexity index is 720. The van der Waals surface area contributed by atoms with Gasteiger partial charge < -0.3 is 4.90 Å². The Hall–Kier alpha value is -2.62. The molecule has 1 aliphatic heterocycles. The fraction of sp³-hybridized carbons (Fsp3) is 0.263. The summed E-state index contributed by atoms with van der Waals surface area (Å²) in [4.78, 5) is 14.1. The maximum atomic E-state index is 12.0. The lowest BCUT2D eigenvalue weighted by atomic mass is 9.98. The Morgan fingerprint density at radius 2 is 1.74 bits per heavy atom. The molecule has 2 aromatic rings. The van der Waals surface area contributed by atoms with Crippen LogP contribution < -0.4 is 4.90 Å². The second-order valence-electron chi connectivity index (χ2n) is 5.98. The van der Waals surface area contributed by atoms with Crippen LogP contribution >= 0.6 is 0 Å². The second-order valence-corrected chi connectivity index (χ2v) is 5.98. The molecular weight excluding hydrogens is 286 g/mol. The van der Waals surface area contributed by atoms with E-state index in [0.717, 1.165) is 28.9 Å². The van der Waals surface area contributed by atoms with Gasteiger partial charge in [0, 0.05) is 33.1 Å². The monoisotopic (exact) mass is 307 g/mol. The largest absolute Gasteiger partial charge is 0.378 e. The van der Waals surface area contributed by atoms with E-state index in [9.17, 15) is 4.79 Å². The van der Waals surface area contributed by atoms with Crippen LogP contribution in [-0.2, 0) is 4.79 Å². The van der Waals surface area contributed by atoms with E-state index in [4.69, 9.17) is 0 Å². The van der Waals surface area contributed by atoms with Gasteiger partial charge in [-0.05, 0) is 23.3 Å². The molecular formula is C19H21N3O. The molecule has 0 bridgehead atoms. The number of nitrogens with zero attached hydrogens (tertiary/aromatic N) is 3. The van der Waals surface area contributed by atoms with Crippen LogP contribution in [0.15, 0.2) is 59.7 Å². The molecule has 1 amide bonds. The summed E-state index contributed by atoms with van der Waals surface area (Å²) >= 11 is 0. The average molecular weight is 307 g/mol. The van der Waals surface area contributed by atoms with E-state index >= 15 is 0 Å². The minimum Gasteiger partial charge on any atom is -0.378 e. The first-order valence-corrected chi connectivity index (χ1v) is 7.76. The molecule has 1 heterocycles. The molecule has 0 aliphatic carbocycles. The third kappa shape index (κ3) is 3.11. The van der Waals surface area contributed by atoms with E-state index in [1.165, 1.54) is 0 Å². The average Bonchev–Trinajstić information content (AvgIpc) is 3.01. The highest BCUT2D eigenvalue weighted by Crippen LogP contribution is 2.33. The third-order valence-electron chi connectivity index (χ3n) is 4.13. The number of amides is 1. The van der Waals surface area contributed by atoms with Crippen LogP contribution in [0.3, 0.4) is 0 Å². The lowest BCUT2D eigenvalue weighted by molar-refractivity contribution is -0.130. The van der Waals surface area contributed by atoms with E-state index in [1.54, 1.807) is 11.9 Å². The molecule has 0 N–H and O–H groups in total. The summed E-state index contributed by atoms with van der Waals surface area (Å²) in [6.45, 7) is 1.57. The first-order chi connectivity index (χ1) is 11.1. The molecule has 23 heavy (non-hydrogen) atoms. The van der Waals surface area contributed by atoms with Crippen LogP contribution in [0, 0.1) is 0 Å². The van der Waals surface area contributed by atoms with Crippen molar-refractivity contribution in [2.75, 3.05) is 19.0 Å². The standard InChI is InChI=1S/C19H21N3O/c1-14(23)22-19(16-9-11-17(12-10-16)21(2)3)13-18(20-22)15-7-5-4-6-8-15/h4-12,19H,13H2,1-3H3/t19-/m1/s1. The summed E-state index contributed by atoms with van der Waals surface area (Å²) in [6, 6.07) is 18.3. The van der Waals surface area contributed by atoms with Crippen molar-refractivity contribution in [2.24, 2.45) is 5.10 Å². The van der Waals surface area contributed by atoms with Crippen molar-refractivity contribution < 1.29 is 4.79 Å². The summed E-state index contributed by atoms with van der Waals surface area (Å²) in [5.74, 6) is -0.0300. The van der Waals surface area contributed by atoms with E-state index in [-0.39, 0.29) is 11.9 Å². The SMILES string of the molecule is CC(=O)N1N=C(c2ccccc2)C[C@@H]1c1ccc(N(C)C)cc1. The third-order valence-corrected chi connectivity index (χ3v) is 4.13. The van der Waals surface area contributed by atoms with Crippen LogP contribution in [0.2, 0.25) is 0 Å². The Morgan fingerprint density at radius 1 is 1.09 bits per heavy atom. The number of anilines is 1. The lowest BCUT2D eigenvalue weighted by Crippen LogP contribution is -2.24. The number of hydrazone groups is 1. The molecule has 0 unspecified atom stereocenters. The van der Waals surface area contributed by atoms with Gasteiger partial charge >= 0.3 is 0 Å². The molecule has 1 atom stereocenters. The van der Waals surface area contributed by atoms with E-state index in [1.807, 2.05) is 44.4 Å². The van der Waals surface area contributed by atoms with E-state index < -0.39 is 0 Å². The van der Waals surface area contributed by atoms with Crippen molar-refractivity contribution in [2.45, 2.75) is 19.4 Å². The molecule has 3 rings (SSSR count). The first kappa shape index (κ1) is 15.3. The van der Waals surface area contributed by atoms with Gasteiger partial charge in [0.1, 0.15) is 0 Å². The molecule has 118 valence electrons. The summed E-state index contributed by atoms with van der Waals surface area (Å²) in [5.41, 5.74) is 4.29. The highest BCUT2D eigenvalue weighted by atomic mass is 16.2. The fourth-order valence-corrected chi connectivity index (χ4v) is 2.86. The predicted octanol–water partition coefficient (Wildman–Crippen LogP) is 3.45. The Kier molecular flexibility index (Phi) is 4.15. The summed E-state index contributed by atoms with van der Waals surface area (Å²) in [7, 11) is 4.03. The van der Waals surface area contributed by atoms with Crippen molar-refractivity contribution in [3.05, 3.63) is 65.7 Å². The maximum absolute atomic E-state index is 12.0. The summed E-state index contributed by atoms with van der Waals surface area (Å²) in [6.07, 6.45) is 0.741. The molecule has 1 aliphatic rings. The maximum Gasteiger partial charge on any atom is 0.240 e. The van der Waals surface area contributed by atoms with Crippen LogP contribution in [0.1, 0.15) is 30.5 Å². The number of carbonyl (C=O) groups excluding carboxylic acids is 1. The second kappa shape index (κ2) is 6.24. The zero-order chi connectivity index (χ0) is 16.4. The number of hydrogen-bond donors (Lipinski definition) is 0. The number of carbonyl (C=O) groups is 1. The summed E-state index contributed by atoms with van der Waals surface area (Å²) in [5, 5.41) is 6.17. The zero-order valence-electron chi connectivity index (χ0n) is 13.7. The lowest BCUT2D eigenvalue weighted by Gasteiger charge is -2.21. The molecule has 0 saturated heterocycles. The minimum atomic E-state index is -0.0300. The topological polar surface area (TPSA) is 35.9 Å². The quantitative estimate of drug-likeness (QED) is 0.870. The molecule has 0 fully saturated rings. The number of benzene rings is 2. The van der Waals surface area contributed by atoms with Crippen molar-refractivity contribution >= 4 is 17.3 Å². The minimum absolute atomic E-state index is 0.0288. The van der Waals surface area contributed by atoms with Gasteiger partial charge in [-0.15, -0.1) is 0 Å². The van der Waals surface area contributed by atoms with Crippen LogP contribution in [0.4, 0.5) is 5.69 Å². The zero-order valence-corrected chi connectivity index (χ0v) is 13.7. The normalized spacial score (nSPS) is 17.1. The molecule has 0 radical (unpaired) electrons. The molecule has 0 saturated carbocycles. The van der Waals surface area contributed by atoms with Crippen LogP contribution in [0.25, 0.3) is 0 Å². The first-order valence-electron chi connectivity index (χ1n) is 7.76. The smallest absolute Gasteiger partial charge is 0.240 e. The van der Waals surface area contributed by atoms with Crippen molar-refractivity contribution in [1.29, 1.82) is 0 Å². The van der Waals surface area contributed by atoms with Gasteiger partial charge in [-0.1, -0.05) is 42.5 Å². The Balaban J connectivity index is 1.89. The van der Waals surface area contributed by atoms with E-state index in [2.05, 4.69) is 34.3 Å². The van der Waals surface area contributed by atoms with Gasteiger partial charge in [-0.3, -0.25) is 4.79 Å². The molecule has 4 heteroatoms. The Labute approximate surface area is 137 Å². The van der Waals surface area contributed by atoms with Crippen molar-refractivity contribution in [3.8, 4) is 0 Å². The van der Waals surface area contributed by atoms with Crippen molar-refractivity contribution in [1.82, 2.24) is 5.01 Å². The summed E-state index contributed by atoms with van der Waals surface area (Å²) < 4.78 is 0. The van der Waals surface area contributed by atoms with Gasteiger partial charge in [0.15, 0.2) is 0 Å². The van der Waals surface area contributed by atoms with E-state index in [0.29, 0.717) is 0 Å². The highest BCUT2D eigenvalue weighted by Gasteiger charge is 2.31. The van der Waals surface area contributed by atoms with Gasteiger partial charge in [0.25, 0.3) is 0 Å². The number of hydrogen-bond acceptors (Lipinski definition) is 3. The molecule has 0 aromatic heterocycles. The molecule has 2 aromatic carbocycles. The predicted molar refractivity (Wildman–Crippen MR) is 93.6 cm³/mol. The highest BCUT2D eigenvalue weighted by molar-refractivity contribution is 6.03. The van der Waals surface area contributed by atoms with Gasteiger partial charge in [-0.25, -0.2) is 5.01 Å². The number of rotatable bonds is 3. The van der Waals surface area contributed by atoms with Crippen LogP contribution in [0.5, 0.6) is 0 Å². The van der Waals surface area contributed by atoms with Gasteiger partial charge in [0.2, 0.25) is 5.91 Å². The van der Waals surface area contributed by atoms with Gasteiger partial charge in [-0.2, -0.15) is 5.10 Å².